The third-order valence-corrected chi connectivity index (χ3v) is 3.19. The molecular formula is C15H18N2O3. The quantitative estimate of drug-likeness (QED) is 0.914. The molecule has 1 aromatic rings. The Morgan fingerprint density at radius 2 is 2.45 bits per heavy atom. The highest BCUT2D eigenvalue weighted by Gasteiger charge is 2.19. The molecule has 1 amide bonds. The molecule has 5 heteroatoms. The summed E-state index contributed by atoms with van der Waals surface area (Å²) in [5, 5.41) is 11.3. The van der Waals surface area contributed by atoms with Crippen LogP contribution in [0.4, 0.5) is 10.5 Å². The van der Waals surface area contributed by atoms with Crippen molar-refractivity contribution >= 4 is 11.8 Å². The first-order valence-corrected chi connectivity index (χ1v) is 6.83. The Bertz CT molecular complexity index is 522. The Morgan fingerprint density at radius 1 is 1.60 bits per heavy atom. The SMILES string of the molecule is CCOC(=O)Nc1ccc2c(c1)CCC(CCC#N)O2. The molecule has 0 saturated carbocycles. The summed E-state index contributed by atoms with van der Waals surface area (Å²) < 4.78 is 10.7. The van der Waals surface area contributed by atoms with Gasteiger partial charge in [-0.1, -0.05) is 0 Å². The van der Waals surface area contributed by atoms with Crippen LogP contribution in [0, 0.1) is 11.3 Å². The fraction of sp³-hybridized carbons (Fsp3) is 0.467. The smallest absolute Gasteiger partial charge is 0.411 e. The number of hydrogen-bond donors (Lipinski definition) is 1. The van der Waals surface area contributed by atoms with Crippen LogP contribution in [-0.2, 0) is 11.2 Å². The van der Waals surface area contributed by atoms with Crippen molar-refractivity contribution < 1.29 is 14.3 Å². The number of nitrogens with one attached hydrogen (secondary N) is 1. The van der Waals surface area contributed by atoms with Crippen molar-refractivity contribution in [2.24, 2.45) is 0 Å². The topological polar surface area (TPSA) is 71.3 Å². The zero-order valence-electron chi connectivity index (χ0n) is 11.5. The van der Waals surface area contributed by atoms with E-state index in [4.69, 9.17) is 14.7 Å². The predicted octanol–water partition coefficient (Wildman–Crippen LogP) is 3.25. The van der Waals surface area contributed by atoms with Crippen LogP contribution in [-0.4, -0.2) is 18.8 Å². The average molecular weight is 274 g/mol. The summed E-state index contributed by atoms with van der Waals surface area (Å²) in [4.78, 5) is 11.4. The van der Waals surface area contributed by atoms with E-state index in [9.17, 15) is 4.79 Å². The highest BCUT2D eigenvalue weighted by molar-refractivity contribution is 5.84. The zero-order valence-corrected chi connectivity index (χ0v) is 11.5. The van der Waals surface area contributed by atoms with Gasteiger partial charge in [0.2, 0.25) is 0 Å². The minimum atomic E-state index is -0.448. The number of fused-ring (bicyclic) bond motifs is 1. The first-order chi connectivity index (χ1) is 9.72. The minimum absolute atomic E-state index is 0.117. The van der Waals surface area contributed by atoms with Gasteiger partial charge >= 0.3 is 6.09 Å². The Labute approximate surface area is 118 Å². The lowest BCUT2D eigenvalue weighted by Gasteiger charge is -2.26. The summed E-state index contributed by atoms with van der Waals surface area (Å²) in [6.45, 7) is 2.11. The number of carbonyl (C=O) groups is 1. The first kappa shape index (κ1) is 14.2. The summed E-state index contributed by atoms with van der Waals surface area (Å²) in [6, 6.07) is 7.70. The number of aryl methyl sites for hydroxylation is 1. The number of carbonyl (C=O) groups excluding carboxylic acids is 1. The molecule has 0 saturated heterocycles. The van der Waals surface area contributed by atoms with Gasteiger partial charge in [-0.05, 0) is 49.9 Å². The van der Waals surface area contributed by atoms with Crippen molar-refractivity contribution in [3.8, 4) is 11.8 Å². The molecule has 1 aromatic carbocycles. The van der Waals surface area contributed by atoms with Gasteiger partial charge in [0.05, 0.1) is 12.7 Å². The van der Waals surface area contributed by atoms with Gasteiger partial charge in [-0.3, -0.25) is 5.32 Å². The summed E-state index contributed by atoms with van der Waals surface area (Å²) in [6.07, 6.45) is 2.74. The van der Waals surface area contributed by atoms with Crippen LogP contribution in [0.5, 0.6) is 5.75 Å². The minimum Gasteiger partial charge on any atom is -0.490 e. The molecule has 0 fully saturated rings. The molecule has 0 aliphatic carbocycles. The largest absolute Gasteiger partial charge is 0.490 e. The molecule has 1 atom stereocenters. The second-order valence-corrected chi connectivity index (χ2v) is 4.64. The molecule has 0 radical (unpaired) electrons. The molecule has 0 aromatic heterocycles. The number of amides is 1. The van der Waals surface area contributed by atoms with Crippen LogP contribution in [0.3, 0.4) is 0 Å². The van der Waals surface area contributed by atoms with Gasteiger partial charge in [0.1, 0.15) is 11.9 Å². The summed E-state index contributed by atoms with van der Waals surface area (Å²) in [5.74, 6) is 0.841. The van der Waals surface area contributed by atoms with Crippen LogP contribution in [0.2, 0.25) is 0 Å². The molecule has 5 nitrogen and oxygen atoms in total. The Hall–Kier alpha value is -2.22. The van der Waals surface area contributed by atoms with E-state index in [0.717, 1.165) is 30.6 Å². The summed E-state index contributed by atoms with van der Waals surface area (Å²) in [5.41, 5.74) is 1.79. The fourth-order valence-electron chi connectivity index (χ4n) is 2.24. The number of hydrogen-bond acceptors (Lipinski definition) is 4. The van der Waals surface area contributed by atoms with E-state index in [-0.39, 0.29) is 6.10 Å². The van der Waals surface area contributed by atoms with E-state index >= 15 is 0 Å². The van der Waals surface area contributed by atoms with Gasteiger partial charge < -0.3 is 9.47 Å². The second kappa shape index (κ2) is 6.80. The molecule has 1 aliphatic heterocycles. The number of nitriles is 1. The molecule has 1 heterocycles. The zero-order chi connectivity index (χ0) is 14.4. The molecule has 106 valence electrons. The van der Waals surface area contributed by atoms with Crippen molar-refractivity contribution in [1.29, 1.82) is 5.26 Å². The molecule has 20 heavy (non-hydrogen) atoms. The van der Waals surface area contributed by atoms with Crippen LogP contribution in [0.15, 0.2) is 18.2 Å². The standard InChI is InChI=1S/C15H18N2O3/c1-2-19-15(18)17-12-6-8-14-11(10-12)5-7-13(20-14)4-3-9-16/h6,8,10,13H,2-5,7H2,1H3,(H,17,18). The fourth-order valence-corrected chi connectivity index (χ4v) is 2.24. The summed E-state index contributed by atoms with van der Waals surface area (Å²) in [7, 11) is 0. The second-order valence-electron chi connectivity index (χ2n) is 4.64. The van der Waals surface area contributed by atoms with Crippen molar-refractivity contribution in [2.75, 3.05) is 11.9 Å². The molecular weight excluding hydrogens is 256 g/mol. The van der Waals surface area contributed by atoms with E-state index < -0.39 is 6.09 Å². The lowest BCUT2D eigenvalue weighted by atomic mass is 9.99. The van der Waals surface area contributed by atoms with E-state index in [1.165, 1.54) is 0 Å². The normalized spacial score (nSPS) is 16.5. The van der Waals surface area contributed by atoms with Crippen LogP contribution < -0.4 is 10.1 Å². The van der Waals surface area contributed by atoms with E-state index in [2.05, 4.69) is 11.4 Å². The van der Waals surface area contributed by atoms with Crippen molar-refractivity contribution in [3.05, 3.63) is 23.8 Å². The van der Waals surface area contributed by atoms with E-state index in [1.54, 1.807) is 13.0 Å². The Kier molecular flexibility index (Phi) is 4.83. The van der Waals surface area contributed by atoms with Crippen LogP contribution in [0.1, 0.15) is 31.7 Å². The maximum atomic E-state index is 11.4. The molecule has 0 spiro atoms. The molecule has 2 rings (SSSR count). The molecule has 1 aliphatic rings. The number of benzene rings is 1. The molecule has 0 bridgehead atoms. The van der Waals surface area contributed by atoms with Crippen LogP contribution in [0.25, 0.3) is 0 Å². The lowest BCUT2D eigenvalue weighted by Crippen LogP contribution is -2.22. The monoisotopic (exact) mass is 274 g/mol. The number of anilines is 1. The van der Waals surface area contributed by atoms with Gasteiger partial charge in [0.25, 0.3) is 0 Å². The Morgan fingerprint density at radius 3 is 3.20 bits per heavy atom. The van der Waals surface area contributed by atoms with Crippen molar-refractivity contribution in [3.63, 3.8) is 0 Å². The van der Waals surface area contributed by atoms with Gasteiger partial charge in [0.15, 0.2) is 0 Å². The van der Waals surface area contributed by atoms with Gasteiger partial charge in [-0.2, -0.15) is 5.26 Å². The third-order valence-electron chi connectivity index (χ3n) is 3.19. The third kappa shape index (κ3) is 3.64. The number of rotatable bonds is 4. The molecule has 1 N–H and O–H groups in total. The average Bonchev–Trinajstić information content (AvgIpc) is 2.45. The van der Waals surface area contributed by atoms with Gasteiger partial charge in [0, 0.05) is 12.1 Å². The van der Waals surface area contributed by atoms with Gasteiger partial charge in [-0.15, -0.1) is 0 Å². The summed E-state index contributed by atoms with van der Waals surface area (Å²) >= 11 is 0. The maximum absolute atomic E-state index is 11.4. The molecule has 1 unspecified atom stereocenters. The highest BCUT2D eigenvalue weighted by atomic mass is 16.5. The number of ether oxygens (including phenoxy) is 2. The predicted molar refractivity (Wildman–Crippen MR) is 74.7 cm³/mol. The first-order valence-electron chi connectivity index (χ1n) is 6.83. The van der Waals surface area contributed by atoms with Gasteiger partial charge in [-0.25, -0.2) is 4.79 Å². The van der Waals surface area contributed by atoms with Crippen LogP contribution >= 0.6 is 0 Å². The van der Waals surface area contributed by atoms with E-state index in [1.807, 2.05) is 12.1 Å². The Balaban J connectivity index is 2.00. The van der Waals surface area contributed by atoms with E-state index in [0.29, 0.717) is 18.7 Å². The number of nitrogens with zero attached hydrogens (tertiary/aromatic N) is 1. The lowest BCUT2D eigenvalue weighted by molar-refractivity contribution is 0.165. The highest BCUT2D eigenvalue weighted by Crippen LogP contribution is 2.31. The van der Waals surface area contributed by atoms with Crippen molar-refractivity contribution in [1.82, 2.24) is 0 Å². The van der Waals surface area contributed by atoms with Crippen molar-refractivity contribution in [2.45, 2.75) is 38.7 Å². The maximum Gasteiger partial charge on any atom is 0.411 e.